The number of piperidine rings is 1. The molecule has 0 atom stereocenters. The summed E-state index contributed by atoms with van der Waals surface area (Å²) in [6, 6.07) is 11.8. The molecule has 1 aromatic carbocycles. The van der Waals surface area contributed by atoms with Gasteiger partial charge in [-0.25, -0.2) is 4.98 Å². The number of likely N-dealkylation sites (tertiary alicyclic amines) is 1. The predicted molar refractivity (Wildman–Crippen MR) is 139 cm³/mol. The van der Waals surface area contributed by atoms with Crippen LogP contribution in [0.25, 0.3) is 0 Å². The minimum absolute atomic E-state index is 0.0411. The van der Waals surface area contributed by atoms with Gasteiger partial charge in [0.05, 0.1) is 0 Å². The van der Waals surface area contributed by atoms with Crippen LogP contribution < -0.4 is 15.5 Å². The largest absolute Gasteiger partial charge is 0.373 e. The molecule has 3 heterocycles. The van der Waals surface area contributed by atoms with E-state index in [-0.39, 0.29) is 17.7 Å². The van der Waals surface area contributed by atoms with Crippen molar-refractivity contribution in [2.75, 3.05) is 43.4 Å². The average molecular weight is 483 g/mol. The van der Waals surface area contributed by atoms with Crippen molar-refractivity contribution in [3.63, 3.8) is 0 Å². The molecule has 2 aromatic rings. The molecule has 1 aromatic heterocycles. The molecule has 1 amide bonds. The van der Waals surface area contributed by atoms with Gasteiger partial charge in [0.15, 0.2) is 0 Å². The van der Waals surface area contributed by atoms with Crippen LogP contribution in [0.4, 0.5) is 11.6 Å². The molecule has 3 N–H and O–H groups in total. The molecule has 182 valence electrons. The highest BCUT2D eigenvalue weighted by molar-refractivity contribution is 6.45. The van der Waals surface area contributed by atoms with Gasteiger partial charge in [-0.3, -0.25) is 15.1 Å². The van der Waals surface area contributed by atoms with Crippen LogP contribution in [0, 0.1) is 5.41 Å². The Hall–Kier alpha value is -2.64. The van der Waals surface area contributed by atoms with Crippen LogP contribution in [0.2, 0.25) is 5.02 Å². The maximum Gasteiger partial charge on any atom is 0.270 e. The Morgan fingerprint density at radius 3 is 2.50 bits per heavy atom. The highest BCUT2D eigenvalue weighted by atomic mass is 35.5. The second-order valence-corrected chi connectivity index (χ2v) is 9.68. The summed E-state index contributed by atoms with van der Waals surface area (Å²) in [6.45, 7) is 4.67. The Morgan fingerprint density at radius 1 is 1.09 bits per heavy atom. The van der Waals surface area contributed by atoms with Crippen molar-refractivity contribution in [1.82, 2.24) is 15.2 Å². The first-order valence-electron chi connectivity index (χ1n) is 12.3. The molecule has 34 heavy (non-hydrogen) atoms. The fraction of sp³-hybridized carbons (Fsp3) is 0.500. The van der Waals surface area contributed by atoms with Crippen LogP contribution in [0.5, 0.6) is 0 Å². The standard InChI is InChI=1S/C26H35ClN6O/c1-29-25-22(9-10-23(31-25)33-13-4-2-3-5-14-33)24(28)26(34)30-21-11-15-32(16-12-21)18-19-7-6-8-20(27)17-19/h6-10,17,21,28H,2-5,11-16,18H2,1H3,(H,29,31)(H,30,34). The number of amides is 1. The number of halogens is 1. The third-order valence-corrected chi connectivity index (χ3v) is 7.00. The summed E-state index contributed by atoms with van der Waals surface area (Å²) in [7, 11) is 1.79. The highest BCUT2D eigenvalue weighted by Crippen LogP contribution is 2.23. The van der Waals surface area contributed by atoms with Gasteiger partial charge < -0.3 is 15.5 Å². The first kappa shape index (κ1) is 24.5. The van der Waals surface area contributed by atoms with Gasteiger partial charge in [-0.2, -0.15) is 0 Å². The third-order valence-electron chi connectivity index (χ3n) is 6.76. The van der Waals surface area contributed by atoms with Crippen molar-refractivity contribution in [2.45, 2.75) is 51.1 Å². The second-order valence-electron chi connectivity index (χ2n) is 9.25. The van der Waals surface area contributed by atoms with Gasteiger partial charge >= 0.3 is 0 Å². The van der Waals surface area contributed by atoms with E-state index >= 15 is 0 Å². The summed E-state index contributed by atoms with van der Waals surface area (Å²) in [4.78, 5) is 22.3. The third kappa shape index (κ3) is 6.27. The molecule has 2 fully saturated rings. The molecule has 4 rings (SSSR count). The number of carbonyl (C=O) groups excluding carboxylic acids is 1. The molecular weight excluding hydrogens is 448 g/mol. The molecule has 0 spiro atoms. The van der Waals surface area contributed by atoms with Gasteiger partial charge in [-0.05, 0) is 55.5 Å². The molecular formula is C26H35ClN6O. The van der Waals surface area contributed by atoms with E-state index in [9.17, 15) is 4.79 Å². The van der Waals surface area contributed by atoms with E-state index in [4.69, 9.17) is 22.0 Å². The number of nitrogens with one attached hydrogen (secondary N) is 3. The van der Waals surface area contributed by atoms with Crippen molar-refractivity contribution in [3.05, 3.63) is 52.5 Å². The average Bonchev–Trinajstić information content (AvgIpc) is 3.14. The fourth-order valence-corrected chi connectivity index (χ4v) is 5.04. The van der Waals surface area contributed by atoms with Gasteiger partial charge in [0.25, 0.3) is 5.91 Å². The molecule has 8 heteroatoms. The zero-order valence-corrected chi connectivity index (χ0v) is 20.7. The first-order valence-corrected chi connectivity index (χ1v) is 12.7. The lowest BCUT2D eigenvalue weighted by Crippen LogP contribution is -2.46. The van der Waals surface area contributed by atoms with E-state index in [1.54, 1.807) is 7.05 Å². The topological polar surface area (TPSA) is 84.4 Å². The Bertz CT molecular complexity index is 997. The van der Waals surface area contributed by atoms with Gasteiger partial charge in [0, 0.05) is 56.4 Å². The van der Waals surface area contributed by atoms with Crippen LogP contribution in [0.1, 0.15) is 49.7 Å². The Balaban J connectivity index is 1.32. The van der Waals surface area contributed by atoms with Crippen LogP contribution in [0.15, 0.2) is 36.4 Å². The van der Waals surface area contributed by atoms with Gasteiger partial charge in [0.2, 0.25) is 0 Å². The predicted octanol–water partition coefficient (Wildman–Crippen LogP) is 4.31. The smallest absolute Gasteiger partial charge is 0.270 e. The molecule has 0 radical (unpaired) electrons. The number of hydrogen-bond acceptors (Lipinski definition) is 6. The highest BCUT2D eigenvalue weighted by Gasteiger charge is 2.24. The van der Waals surface area contributed by atoms with Crippen LogP contribution in [0.3, 0.4) is 0 Å². The molecule has 2 aliphatic heterocycles. The molecule has 2 aliphatic rings. The number of anilines is 2. The number of nitrogens with zero attached hydrogens (tertiary/aromatic N) is 3. The van der Waals surface area contributed by atoms with E-state index in [1.165, 1.54) is 31.2 Å². The maximum atomic E-state index is 12.9. The minimum atomic E-state index is -0.339. The fourth-order valence-electron chi connectivity index (χ4n) is 4.83. The van der Waals surface area contributed by atoms with Crippen LogP contribution in [-0.2, 0) is 11.3 Å². The summed E-state index contributed by atoms with van der Waals surface area (Å²) in [5.74, 6) is 1.16. The lowest BCUT2D eigenvalue weighted by atomic mass is 10.0. The van der Waals surface area contributed by atoms with Gasteiger partial charge in [-0.15, -0.1) is 0 Å². The zero-order chi connectivity index (χ0) is 23.9. The SMILES string of the molecule is CNc1nc(N2CCCCCC2)ccc1C(=N)C(=O)NC1CCN(Cc2cccc(Cl)c2)CC1. The number of benzene rings is 1. The van der Waals surface area contributed by atoms with Gasteiger partial charge in [-0.1, -0.05) is 36.6 Å². The summed E-state index contributed by atoms with van der Waals surface area (Å²) in [5, 5.41) is 15.4. The summed E-state index contributed by atoms with van der Waals surface area (Å²) in [5.41, 5.74) is 1.70. The van der Waals surface area contributed by atoms with E-state index < -0.39 is 0 Å². The summed E-state index contributed by atoms with van der Waals surface area (Å²) >= 11 is 6.10. The molecule has 0 aliphatic carbocycles. The quantitative estimate of drug-likeness (QED) is 0.512. The molecule has 0 unspecified atom stereocenters. The summed E-state index contributed by atoms with van der Waals surface area (Å²) < 4.78 is 0. The first-order chi connectivity index (χ1) is 16.5. The van der Waals surface area contributed by atoms with Crippen molar-refractivity contribution in [3.8, 4) is 0 Å². The van der Waals surface area contributed by atoms with Crippen molar-refractivity contribution >= 4 is 34.9 Å². The van der Waals surface area contributed by atoms with Gasteiger partial charge in [0.1, 0.15) is 17.3 Å². The number of hydrogen-bond donors (Lipinski definition) is 3. The van der Waals surface area contributed by atoms with Crippen LogP contribution >= 0.6 is 11.6 Å². The Labute approximate surface area is 207 Å². The van der Waals surface area contributed by atoms with E-state index in [0.29, 0.717) is 11.4 Å². The number of aromatic nitrogens is 1. The second kappa shape index (κ2) is 11.7. The molecule has 7 nitrogen and oxygen atoms in total. The Kier molecular flexibility index (Phi) is 8.40. The van der Waals surface area contributed by atoms with Crippen molar-refractivity contribution in [2.24, 2.45) is 0 Å². The zero-order valence-electron chi connectivity index (χ0n) is 19.9. The van der Waals surface area contributed by atoms with Crippen LogP contribution in [-0.4, -0.2) is 60.8 Å². The molecule has 0 saturated carbocycles. The van der Waals surface area contributed by atoms with E-state index in [2.05, 4.69) is 26.5 Å². The summed E-state index contributed by atoms with van der Waals surface area (Å²) in [6.07, 6.45) is 6.60. The molecule has 0 bridgehead atoms. The van der Waals surface area contributed by atoms with E-state index in [0.717, 1.165) is 56.4 Å². The van der Waals surface area contributed by atoms with Crippen molar-refractivity contribution in [1.29, 1.82) is 5.41 Å². The number of rotatable bonds is 7. The monoisotopic (exact) mass is 482 g/mol. The minimum Gasteiger partial charge on any atom is -0.373 e. The van der Waals surface area contributed by atoms with E-state index in [1.807, 2.05) is 30.3 Å². The van der Waals surface area contributed by atoms with Crippen molar-refractivity contribution < 1.29 is 4.79 Å². The Morgan fingerprint density at radius 2 is 1.82 bits per heavy atom. The number of carbonyl (C=O) groups is 1. The molecule has 2 saturated heterocycles. The lowest BCUT2D eigenvalue weighted by molar-refractivity contribution is -0.115. The lowest BCUT2D eigenvalue weighted by Gasteiger charge is -2.32. The normalized spacial score (nSPS) is 17.8. The number of pyridine rings is 1. The maximum absolute atomic E-state index is 12.9.